The Morgan fingerprint density at radius 1 is 1.18 bits per heavy atom. The number of benzene rings is 2. The fourth-order valence-electron chi connectivity index (χ4n) is 2.53. The van der Waals surface area contributed by atoms with Crippen molar-refractivity contribution in [1.29, 1.82) is 0 Å². The maximum Gasteiger partial charge on any atom is 0.344 e. The average molecular weight is 406 g/mol. The van der Waals surface area contributed by atoms with Gasteiger partial charge in [-0.05, 0) is 49.2 Å². The van der Waals surface area contributed by atoms with Gasteiger partial charge in [-0.3, -0.25) is 4.79 Å². The Kier molecular flexibility index (Phi) is 6.26. The molecule has 1 heterocycles. The van der Waals surface area contributed by atoms with Gasteiger partial charge in [-0.25, -0.2) is 4.79 Å². The molecule has 148 valence electrons. The maximum absolute atomic E-state index is 12.2. The summed E-state index contributed by atoms with van der Waals surface area (Å²) in [6, 6.07) is 10.6. The van der Waals surface area contributed by atoms with E-state index in [1.807, 2.05) is 19.1 Å². The molecule has 0 aromatic heterocycles. The Bertz CT molecular complexity index is 885. The molecular weight excluding hydrogens is 386 g/mol. The molecule has 1 aliphatic rings. The molecule has 1 amide bonds. The van der Waals surface area contributed by atoms with Crippen molar-refractivity contribution in [2.45, 2.75) is 26.5 Å². The number of hydrogen-bond donors (Lipinski definition) is 1. The molecule has 0 saturated carbocycles. The third-order valence-electron chi connectivity index (χ3n) is 4.01. The molecule has 7 nitrogen and oxygen atoms in total. The molecule has 28 heavy (non-hydrogen) atoms. The van der Waals surface area contributed by atoms with E-state index in [1.165, 1.54) is 6.92 Å². The number of aryl methyl sites for hydroxylation is 1. The first-order chi connectivity index (χ1) is 13.4. The van der Waals surface area contributed by atoms with Crippen molar-refractivity contribution in [2.24, 2.45) is 0 Å². The van der Waals surface area contributed by atoms with Crippen LogP contribution in [0, 0.1) is 6.92 Å². The highest BCUT2D eigenvalue weighted by Crippen LogP contribution is 2.32. The summed E-state index contributed by atoms with van der Waals surface area (Å²) in [7, 11) is 0. The number of nitrogens with one attached hydrogen (secondary N) is 1. The van der Waals surface area contributed by atoms with Crippen LogP contribution in [0.3, 0.4) is 0 Å². The predicted molar refractivity (Wildman–Crippen MR) is 102 cm³/mol. The second-order valence-corrected chi connectivity index (χ2v) is 6.67. The van der Waals surface area contributed by atoms with Crippen LogP contribution >= 0.6 is 11.6 Å². The van der Waals surface area contributed by atoms with Crippen LogP contribution in [-0.4, -0.2) is 31.4 Å². The van der Waals surface area contributed by atoms with Crippen molar-refractivity contribution in [3.8, 4) is 17.2 Å². The van der Waals surface area contributed by atoms with Crippen molar-refractivity contribution in [3.05, 3.63) is 52.5 Å². The third kappa shape index (κ3) is 5.07. The number of hydrogen-bond acceptors (Lipinski definition) is 6. The van der Waals surface area contributed by atoms with Gasteiger partial charge in [0.15, 0.2) is 24.2 Å². The number of carbonyl (C=O) groups is 2. The Morgan fingerprint density at radius 3 is 2.79 bits per heavy atom. The highest BCUT2D eigenvalue weighted by Gasteiger charge is 2.19. The number of rotatable bonds is 7. The van der Waals surface area contributed by atoms with E-state index in [9.17, 15) is 9.59 Å². The van der Waals surface area contributed by atoms with Crippen LogP contribution in [0.5, 0.6) is 17.2 Å². The van der Waals surface area contributed by atoms with E-state index in [0.717, 1.165) is 11.1 Å². The number of amides is 1. The lowest BCUT2D eigenvalue weighted by molar-refractivity contribution is -0.156. The lowest BCUT2D eigenvalue weighted by Gasteiger charge is -2.14. The van der Waals surface area contributed by atoms with Crippen LogP contribution < -0.4 is 19.5 Å². The highest BCUT2D eigenvalue weighted by atomic mass is 35.5. The zero-order valence-corrected chi connectivity index (χ0v) is 16.2. The summed E-state index contributed by atoms with van der Waals surface area (Å²) in [6.07, 6.45) is -0.960. The van der Waals surface area contributed by atoms with E-state index in [2.05, 4.69) is 5.32 Å². The molecule has 0 unspecified atom stereocenters. The fourth-order valence-corrected chi connectivity index (χ4v) is 2.70. The minimum absolute atomic E-state index is 0.188. The average Bonchev–Trinajstić information content (AvgIpc) is 3.14. The molecule has 2 aromatic carbocycles. The van der Waals surface area contributed by atoms with E-state index in [4.69, 9.17) is 30.5 Å². The first-order valence-corrected chi connectivity index (χ1v) is 9.05. The Balaban J connectivity index is 1.44. The molecular formula is C20H20ClNO6. The smallest absolute Gasteiger partial charge is 0.344 e. The summed E-state index contributed by atoms with van der Waals surface area (Å²) in [5.74, 6) is 0.616. The van der Waals surface area contributed by atoms with Gasteiger partial charge >= 0.3 is 5.97 Å². The molecule has 0 bridgehead atoms. The topological polar surface area (TPSA) is 83.1 Å². The Hall–Kier alpha value is -2.93. The van der Waals surface area contributed by atoms with Crippen molar-refractivity contribution in [2.75, 3.05) is 13.4 Å². The van der Waals surface area contributed by atoms with Gasteiger partial charge in [0, 0.05) is 6.54 Å². The van der Waals surface area contributed by atoms with Crippen LogP contribution in [0.1, 0.15) is 18.1 Å². The summed E-state index contributed by atoms with van der Waals surface area (Å²) >= 11 is 6.01. The van der Waals surface area contributed by atoms with E-state index < -0.39 is 18.0 Å². The standard InChI is InChI=1S/C20H20ClNO6/c1-12-3-5-15(21)17(7-12)25-10-19(23)28-13(2)20(24)22-9-14-4-6-16-18(8-14)27-11-26-16/h3-8,13H,9-11H2,1-2H3,(H,22,24)/t13-/m1/s1. The first kappa shape index (κ1) is 19.8. The minimum atomic E-state index is -0.960. The number of esters is 1. The highest BCUT2D eigenvalue weighted by molar-refractivity contribution is 6.32. The van der Waals surface area contributed by atoms with Gasteiger partial charge in [0.2, 0.25) is 6.79 Å². The van der Waals surface area contributed by atoms with Crippen LogP contribution in [0.25, 0.3) is 0 Å². The van der Waals surface area contributed by atoms with Crippen molar-refractivity contribution < 1.29 is 28.5 Å². The third-order valence-corrected chi connectivity index (χ3v) is 4.33. The van der Waals surface area contributed by atoms with Gasteiger partial charge in [0.25, 0.3) is 5.91 Å². The zero-order valence-electron chi connectivity index (χ0n) is 15.5. The summed E-state index contributed by atoms with van der Waals surface area (Å²) in [4.78, 5) is 24.1. The van der Waals surface area contributed by atoms with E-state index in [1.54, 1.807) is 24.3 Å². The van der Waals surface area contributed by atoms with Gasteiger partial charge in [-0.1, -0.05) is 23.7 Å². The minimum Gasteiger partial charge on any atom is -0.480 e. The normalized spacial score (nSPS) is 13.0. The first-order valence-electron chi connectivity index (χ1n) is 8.67. The Labute approximate surface area is 167 Å². The second kappa shape index (κ2) is 8.84. The van der Waals surface area contributed by atoms with E-state index in [-0.39, 0.29) is 19.9 Å². The zero-order chi connectivity index (χ0) is 20.1. The van der Waals surface area contributed by atoms with Crippen molar-refractivity contribution in [3.63, 3.8) is 0 Å². The lowest BCUT2D eigenvalue weighted by atomic mass is 10.2. The molecule has 0 fully saturated rings. The van der Waals surface area contributed by atoms with E-state index >= 15 is 0 Å². The molecule has 2 aromatic rings. The lowest BCUT2D eigenvalue weighted by Crippen LogP contribution is -2.36. The van der Waals surface area contributed by atoms with Gasteiger partial charge in [0.1, 0.15) is 5.75 Å². The van der Waals surface area contributed by atoms with Crippen LogP contribution in [0.2, 0.25) is 5.02 Å². The number of halogens is 1. The quantitative estimate of drug-likeness (QED) is 0.713. The molecule has 1 N–H and O–H groups in total. The monoisotopic (exact) mass is 405 g/mol. The molecule has 1 atom stereocenters. The van der Waals surface area contributed by atoms with Crippen molar-refractivity contribution in [1.82, 2.24) is 5.32 Å². The van der Waals surface area contributed by atoms with Crippen LogP contribution in [0.4, 0.5) is 0 Å². The SMILES string of the molecule is Cc1ccc(Cl)c(OCC(=O)O[C@H](C)C(=O)NCc2ccc3c(c2)OCO3)c1. The van der Waals surface area contributed by atoms with Crippen LogP contribution in [-0.2, 0) is 20.9 Å². The second-order valence-electron chi connectivity index (χ2n) is 6.26. The fraction of sp³-hybridized carbons (Fsp3) is 0.300. The van der Waals surface area contributed by atoms with Gasteiger partial charge in [0.05, 0.1) is 5.02 Å². The molecule has 1 aliphatic heterocycles. The maximum atomic E-state index is 12.2. The summed E-state index contributed by atoms with van der Waals surface area (Å²) in [5, 5.41) is 3.11. The molecule has 8 heteroatoms. The largest absolute Gasteiger partial charge is 0.480 e. The number of ether oxygens (including phenoxy) is 4. The van der Waals surface area contributed by atoms with Gasteiger partial charge in [-0.2, -0.15) is 0 Å². The van der Waals surface area contributed by atoms with Gasteiger partial charge < -0.3 is 24.3 Å². The van der Waals surface area contributed by atoms with Gasteiger partial charge in [-0.15, -0.1) is 0 Å². The number of carbonyl (C=O) groups excluding carboxylic acids is 2. The van der Waals surface area contributed by atoms with E-state index in [0.29, 0.717) is 22.3 Å². The summed E-state index contributed by atoms with van der Waals surface area (Å²) in [5.41, 5.74) is 1.79. The van der Waals surface area contributed by atoms with Crippen molar-refractivity contribution >= 4 is 23.5 Å². The predicted octanol–water partition coefficient (Wildman–Crippen LogP) is 3.00. The van der Waals surface area contributed by atoms with Crippen LogP contribution in [0.15, 0.2) is 36.4 Å². The molecule has 3 rings (SSSR count). The molecule has 0 spiro atoms. The Morgan fingerprint density at radius 2 is 1.96 bits per heavy atom. The molecule has 0 aliphatic carbocycles. The molecule has 0 saturated heterocycles. The molecule has 0 radical (unpaired) electrons. The number of fused-ring (bicyclic) bond motifs is 1. The summed E-state index contributed by atoms with van der Waals surface area (Å²) in [6.45, 7) is 3.49. The summed E-state index contributed by atoms with van der Waals surface area (Å²) < 4.78 is 21.0.